The van der Waals surface area contributed by atoms with Gasteiger partial charge in [-0.25, -0.2) is 4.98 Å². The molecular weight excluding hydrogens is 399 g/mol. The number of rotatable bonds is 6. The Labute approximate surface area is 169 Å². The lowest BCUT2D eigenvalue weighted by molar-refractivity contribution is -0.137. The van der Waals surface area contributed by atoms with Gasteiger partial charge in [0.2, 0.25) is 0 Å². The number of ether oxygens (including phenoxy) is 1. The minimum atomic E-state index is -4.43. The molecule has 0 radical (unpaired) electrons. The predicted octanol–water partition coefficient (Wildman–Crippen LogP) is 6.20. The average Bonchev–Trinajstić information content (AvgIpc) is 3.19. The Hall–Kier alpha value is -3.31. The van der Waals surface area contributed by atoms with Crippen LogP contribution in [0, 0.1) is 11.3 Å². The number of thiazole rings is 1. The van der Waals surface area contributed by atoms with Gasteiger partial charge in [-0.15, -0.1) is 11.3 Å². The number of hydrogen-bond donors (Lipinski definition) is 1. The third-order valence-electron chi connectivity index (χ3n) is 3.89. The number of nitriles is 1. The highest BCUT2D eigenvalue weighted by Crippen LogP contribution is 2.31. The summed E-state index contributed by atoms with van der Waals surface area (Å²) < 4.78 is 43.9. The van der Waals surface area contributed by atoms with Crippen LogP contribution in [0.5, 0.6) is 5.75 Å². The van der Waals surface area contributed by atoms with Crippen molar-refractivity contribution >= 4 is 22.6 Å². The summed E-state index contributed by atoms with van der Waals surface area (Å²) in [4.78, 5) is 4.46. The van der Waals surface area contributed by atoms with Crippen LogP contribution in [-0.4, -0.2) is 11.6 Å². The van der Waals surface area contributed by atoms with Crippen LogP contribution in [0.25, 0.3) is 16.8 Å². The summed E-state index contributed by atoms with van der Waals surface area (Å²) in [5.41, 5.74) is 1.27. The average molecular weight is 415 g/mol. The topological polar surface area (TPSA) is 57.9 Å². The van der Waals surface area contributed by atoms with Gasteiger partial charge in [0.25, 0.3) is 0 Å². The van der Waals surface area contributed by atoms with Gasteiger partial charge in [0.15, 0.2) is 0 Å². The molecule has 2 aromatic carbocycles. The number of aromatic nitrogens is 1. The van der Waals surface area contributed by atoms with Crippen LogP contribution in [0.1, 0.15) is 17.5 Å². The van der Waals surface area contributed by atoms with Crippen LogP contribution < -0.4 is 10.1 Å². The molecule has 0 aliphatic rings. The number of anilines is 1. The Morgan fingerprint density at radius 1 is 1.24 bits per heavy atom. The largest absolute Gasteiger partial charge is 0.494 e. The monoisotopic (exact) mass is 415 g/mol. The zero-order valence-electron chi connectivity index (χ0n) is 15.3. The Balaban J connectivity index is 1.78. The molecule has 3 rings (SSSR count). The van der Waals surface area contributed by atoms with Crippen LogP contribution in [-0.2, 0) is 6.18 Å². The van der Waals surface area contributed by atoms with Crippen molar-refractivity contribution in [3.63, 3.8) is 0 Å². The van der Waals surface area contributed by atoms with Crippen molar-refractivity contribution in [3.05, 3.63) is 70.7 Å². The molecule has 4 nitrogen and oxygen atoms in total. The molecule has 1 aromatic heterocycles. The summed E-state index contributed by atoms with van der Waals surface area (Å²) in [5.74, 6) is 0.759. The maximum absolute atomic E-state index is 12.8. The fourth-order valence-electron chi connectivity index (χ4n) is 2.50. The lowest BCUT2D eigenvalue weighted by Gasteiger charge is -2.08. The van der Waals surface area contributed by atoms with E-state index in [0.717, 1.165) is 23.4 Å². The van der Waals surface area contributed by atoms with E-state index in [2.05, 4.69) is 10.3 Å². The number of benzene rings is 2. The highest BCUT2D eigenvalue weighted by molar-refractivity contribution is 7.11. The number of nitrogens with one attached hydrogen (secondary N) is 1. The van der Waals surface area contributed by atoms with Gasteiger partial charge in [-0.3, -0.25) is 0 Å². The second-order valence-electron chi connectivity index (χ2n) is 5.89. The molecule has 8 heteroatoms. The third kappa shape index (κ3) is 5.15. The highest BCUT2D eigenvalue weighted by Gasteiger charge is 2.30. The first-order valence-electron chi connectivity index (χ1n) is 8.64. The molecule has 1 N–H and O–H groups in total. The lowest BCUT2D eigenvalue weighted by Crippen LogP contribution is -2.05. The van der Waals surface area contributed by atoms with Gasteiger partial charge in [0.1, 0.15) is 22.4 Å². The second kappa shape index (κ2) is 8.80. The van der Waals surface area contributed by atoms with E-state index in [0.29, 0.717) is 17.3 Å². The molecule has 148 valence electrons. The van der Waals surface area contributed by atoms with E-state index in [1.165, 1.54) is 29.7 Å². The molecule has 1 heterocycles. The first-order valence-corrected chi connectivity index (χ1v) is 9.52. The van der Waals surface area contributed by atoms with Crippen molar-refractivity contribution < 1.29 is 17.9 Å². The fourth-order valence-corrected chi connectivity index (χ4v) is 3.30. The molecule has 0 saturated carbocycles. The van der Waals surface area contributed by atoms with Crippen molar-refractivity contribution in [2.24, 2.45) is 0 Å². The molecule has 0 saturated heterocycles. The van der Waals surface area contributed by atoms with E-state index in [1.807, 2.05) is 42.6 Å². The van der Waals surface area contributed by atoms with Crippen LogP contribution in [0.4, 0.5) is 18.9 Å². The maximum atomic E-state index is 12.8. The minimum Gasteiger partial charge on any atom is -0.494 e. The number of allylic oxidation sites excluding steroid dienone is 1. The molecule has 0 spiro atoms. The number of hydrogen-bond acceptors (Lipinski definition) is 5. The zero-order valence-corrected chi connectivity index (χ0v) is 16.1. The molecule has 0 bridgehead atoms. The Morgan fingerprint density at radius 2 is 2.00 bits per heavy atom. The summed E-state index contributed by atoms with van der Waals surface area (Å²) in [6.07, 6.45) is -3.07. The van der Waals surface area contributed by atoms with Gasteiger partial charge >= 0.3 is 6.18 Å². The smallest absolute Gasteiger partial charge is 0.416 e. The molecule has 0 fully saturated rings. The van der Waals surface area contributed by atoms with Crippen LogP contribution >= 0.6 is 11.3 Å². The molecule has 0 atom stereocenters. The molecule has 29 heavy (non-hydrogen) atoms. The molecule has 0 aliphatic carbocycles. The molecular formula is C21H16F3N3OS. The maximum Gasteiger partial charge on any atom is 0.416 e. The van der Waals surface area contributed by atoms with Gasteiger partial charge in [0, 0.05) is 22.8 Å². The Morgan fingerprint density at radius 3 is 2.66 bits per heavy atom. The van der Waals surface area contributed by atoms with E-state index in [1.54, 1.807) is 0 Å². The van der Waals surface area contributed by atoms with E-state index in [4.69, 9.17) is 4.74 Å². The summed E-state index contributed by atoms with van der Waals surface area (Å²) in [5, 5.41) is 14.5. The van der Waals surface area contributed by atoms with E-state index >= 15 is 0 Å². The SMILES string of the molecule is CCOc1ccc(-c2csc(/C(C#N)=C/Nc3cccc(C(F)(F)F)c3)n2)cc1. The second-order valence-corrected chi connectivity index (χ2v) is 6.75. The summed E-state index contributed by atoms with van der Waals surface area (Å²) in [6.45, 7) is 2.49. The van der Waals surface area contributed by atoms with Crippen molar-refractivity contribution in [2.75, 3.05) is 11.9 Å². The fraction of sp³-hybridized carbons (Fsp3) is 0.143. The van der Waals surface area contributed by atoms with Gasteiger partial charge in [-0.05, 0) is 49.4 Å². The molecule has 3 aromatic rings. The Bertz CT molecular complexity index is 1050. The number of alkyl halides is 3. The zero-order chi connectivity index (χ0) is 20.9. The van der Waals surface area contributed by atoms with Crippen LogP contribution in [0.15, 0.2) is 60.1 Å². The third-order valence-corrected chi connectivity index (χ3v) is 4.76. The van der Waals surface area contributed by atoms with Gasteiger partial charge in [-0.1, -0.05) is 6.07 Å². The van der Waals surface area contributed by atoms with E-state index in [-0.39, 0.29) is 11.3 Å². The minimum absolute atomic E-state index is 0.226. The van der Waals surface area contributed by atoms with E-state index < -0.39 is 11.7 Å². The first-order chi connectivity index (χ1) is 13.9. The van der Waals surface area contributed by atoms with Crippen LogP contribution in [0.3, 0.4) is 0 Å². The van der Waals surface area contributed by atoms with Gasteiger partial charge in [-0.2, -0.15) is 18.4 Å². The predicted molar refractivity (Wildman–Crippen MR) is 107 cm³/mol. The highest BCUT2D eigenvalue weighted by atomic mass is 32.1. The molecule has 0 aliphatic heterocycles. The van der Waals surface area contributed by atoms with Gasteiger partial charge < -0.3 is 10.1 Å². The van der Waals surface area contributed by atoms with Crippen molar-refractivity contribution in [1.29, 1.82) is 5.26 Å². The van der Waals surface area contributed by atoms with Crippen molar-refractivity contribution in [1.82, 2.24) is 4.98 Å². The normalized spacial score (nSPS) is 11.8. The van der Waals surface area contributed by atoms with Crippen molar-refractivity contribution in [2.45, 2.75) is 13.1 Å². The van der Waals surface area contributed by atoms with Crippen molar-refractivity contribution in [3.8, 4) is 23.1 Å². The standard InChI is InChI=1S/C21H16F3N3OS/c1-2-28-18-8-6-14(7-9-18)19-13-29-20(27-19)15(11-25)12-26-17-5-3-4-16(10-17)21(22,23)24/h3-10,12-13,26H,2H2,1H3/b15-12+. The van der Waals surface area contributed by atoms with Crippen LogP contribution in [0.2, 0.25) is 0 Å². The summed E-state index contributed by atoms with van der Waals surface area (Å²) in [7, 11) is 0. The summed E-state index contributed by atoms with van der Waals surface area (Å²) in [6, 6.07) is 14.2. The van der Waals surface area contributed by atoms with E-state index in [9.17, 15) is 18.4 Å². The summed E-state index contributed by atoms with van der Waals surface area (Å²) >= 11 is 1.28. The first kappa shape index (κ1) is 20.4. The molecule has 0 unspecified atom stereocenters. The number of nitrogens with zero attached hydrogens (tertiary/aromatic N) is 2. The lowest BCUT2D eigenvalue weighted by atomic mass is 10.2. The quantitative estimate of drug-likeness (QED) is 0.487. The Kier molecular flexibility index (Phi) is 6.20. The number of halogens is 3. The van der Waals surface area contributed by atoms with Gasteiger partial charge in [0.05, 0.1) is 17.9 Å². The molecule has 0 amide bonds.